The van der Waals surface area contributed by atoms with Crippen molar-refractivity contribution in [2.24, 2.45) is 5.16 Å². The van der Waals surface area contributed by atoms with E-state index in [9.17, 15) is 31.1 Å². The lowest BCUT2D eigenvalue weighted by Gasteiger charge is -2.41. The molecular weight excluding hydrogens is 486 g/mol. The van der Waals surface area contributed by atoms with Gasteiger partial charge in [-0.05, 0) is 35.7 Å². The third-order valence-electron chi connectivity index (χ3n) is 6.15. The number of amides is 1. The molecule has 1 amide bonds. The molecule has 2 heterocycles. The number of benzene rings is 2. The quantitative estimate of drug-likeness (QED) is 0.439. The number of carbonyl (C=O) groups is 1. The summed E-state index contributed by atoms with van der Waals surface area (Å²) < 4.78 is 82.1. The second-order valence-electron chi connectivity index (χ2n) is 8.22. The van der Waals surface area contributed by atoms with Crippen LogP contribution in [0.25, 0.3) is 0 Å². The van der Waals surface area contributed by atoms with E-state index in [0.29, 0.717) is 30.7 Å². The Hall–Kier alpha value is -2.75. The summed E-state index contributed by atoms with van der Waals surface area (Å²) >= 11 is 5.72. The van der Waals surface area contributed by atoms with Gasteiger partial charge in [0.15, 0.2) is 0 Å². The minimum Gasteiger partial charge on any atom is -0.374 e. The van der Waals surface area contributed by atoms with Crippen LogP contribution < -0.4 is 0 Å². The van der Waals surface area contributed by atoms with Crippen molar-refractivity contribution in [1.29, 1.82) is 0 Å². The summed E-state index contributed by atoms with van der Waals surface area (Å²) in [6.07, 6.45) is -9.63. The highest BCUT2D eigenvalue weighted by Gasteiger charge is 2.62. The summed E-state index contributed by atoms with van der Waals surface area (Å²) in [4.78, 5) is 18.5. The van der Waals surface area contributed by atoms with Crippen LogP contribution in [0.5, 0.6) is 0 Å². The van der Waals surface area contributed by atoms with Crippen molar-refractivity contribution >= 4 is 23.2 Å². The molecule has 2 aliphatic heterocycles. The lowest BCUT2D eigenvalue weighted by Crippen LogP contribution is -2.44. The smallest absolute Gasteiger partial charge is 0.374 e. The minimum atomic E-state index is -5.07. The summed E-state index contributed by atoms with van der Waals surface area (Å²) in [5.74, 6) is 0.0172. The van der Waals surface area contributed by atoms with E-state index >= 15 is 0 Å². The zero-order valence-electron chi connectivity index (χ0n) is 17.8. The van der Waals surface area contributed by atoms with Gasteiger partial charge in [0.05, 0.1) is 17.3 Å². The van der Waals surface area contributed by atoms with Gasteiger partial charge in [-0.15, -0.1) is 0 Å². The van der Waals surface area contributed by atoms with Gasteiger partial charge >= 0.3 is 12.4 Å². The Labute approximate surface area is 196 Å². The van der Waals surface area contributed by atoms with Crippen LogP contribution in [0, 0.1) is 0 Å². The first-order valence-electron chi connectivity index (χ1n) is 10.5. The molecule has 2 unspecified atom stereocenters. The predicted octanol–water partition coefficient (Wildman–Crippen LogP) is 6.62. The molecule has 2 aromatic rings. The van der Waals surface area contributed by atoms with Gasteiger partial charge < -0.3 is 9.74 Å². The third kappa shape index (κ3) is 4.23. The van der Waals surface area contributed by atoms with Crippen molar-refractivity contribution in [3.05, 3.63) is 69.7 Å². The van der Waals surface area contributed by atoms with E-state index in [1.165, 1.54) is 0 Å². The van der Waals surface area contributed by atoms with Gasteiger partial charge in [0, 0.05) is 30.0 Å². The van der Waals surface area contributed by atoms with Crippen LogP contribution in [0.4, 0.5) is 26.3 Å². The van der Waals surface area contributed by atoms with E-state index in [-0.39, 0.29) is 17.7 Å². The standard InChI is InChI=1S/C23H19ClF6N2O2/c1-2-20(33)32-8-7-19(32)14-5-3-13(4-6-14)18-12-21(34-31-18,23(28,29)30)15-9-16(22(25,26)27)11-17(24)10-15/h3-6,9-11,19H,2,7-8,12H2,1H3. The van der Waals surface area contributed by atoms with Crippen LogP contribution in [0.2, 0.25) is 5.02 Å². The Balaban J connectivity index is 1.62. The number of hydrogen-bond donors (Lipinski definition) is 0. The summed E-state index contributed by atoms with van der Waals surface area (Å²) in [5, 5.41) is 3.10. The predicted molar refractivity (Wildman–Crippen MR) is 112 cm³/mol. The molecule has 0 N–H and O–H groups in total. The molecule has 2 aliphatic rings. The first-order valence-corrected chi connectivity index (χ1v) is 10.8. The molecule has 2 aromatic carbocycles. The summed E-state index contributed by atoms with van der Waals surface area (Å²) in [7, 11) is 0. The van der Waals surface area contributed by atoms with Gasteiger partial charge in [0.2, 0.25) is 5.91 Å². The van der Waals surface area contributed by atoms with Gasteiger partial charge in [0.25, 0.3) is 5.60 Å². The summed E-state index contributed by atoms with van der Waals surface area (Å²) in [6.45, 7) is 2.41. The van der Waals surface area contributed by atoms with Gasteiger partial charge in [-0.1, -0.05) is 47.9 Å². The maximum atomic E-state index is 14.2. The number of carbonyl (C=O) groups excluding carboxylic acids is 1. The number of alkyl halides is 6. The van der Waals surface area contributed by atoms with Crippen molar-refractivity contribution in [3.63, 3.8) is 0 Å². The van der Waals surface area contributed by atoms with E-state index in [1.807, 2.05) is 0 Å². The fraction of sp³-hybridized carbons (Fsp3) is 0.391. The molecule has 182 valence electrons. The lowest BCUT2D eigenvalue weighted by molar-refractivity contribution is -0.276. The maximum absolute atomic E-state index is 14.2. The maximum Gasteiger partial charge on any atom is 0.435 e. The van der Waals surface area contributed by atoms with E-state index < -0.39 is 40.5 Å². The van der Waals surface area contributed by atoms with E-state index in [0.717, 1.165) is 18.1 Å². The van der Waals surface area contributed by atoms with Gasteiger partial charge in [0.1, 0.15) is 0 Å². The highest BCUT2D eigenvalue weighted by molar-refractivity contribution is 6.30. The Bertz CT molecular complexity index is 1130. The second-order valence-corrected chi connectivity index (χ2v) is 8.66. The Morgan fingerprint density at radius 2 is 1.82 bits per heavy atom. The van der Waals surface area contributed by atoms with E-state index in [1.54, 1.807) is 36.1 Å². The van der Waals surface area contributed by atoms with Crippen molar-refractivity contribution in [3.8, 4) is 0 Å². The lowest BCUT2D eigenvalue weighted by atomic mass is 9.85. The van der Waals surface area contributed by atoms with Crippen LogP contribution in [0.1, 0.15) is 54.5 Å². The zero-order chi connectivity index (χ0) is 24.9. The number of oxime groups is 1. The summed E-state index contributed by atoms with van der Waals surface area (Å²) in [6, 6.07) is 8.19. The molecule has 0 aliphatic carbocycles. The van der Waals surface area contributed by atoms with Crippen molar-refractivity contribution in [2.75, 3.05) is 6.54 Å². The SMILES string of the molecule is CCC(=O)N1CCC1c1ccc(C2=NOC(c3cc(Cl)cc(C(F)(F)F)c3)(C(F)(F)F)C2)cc1. The topological polar surface area (TPSA) is 41.9 Å². The molecule has 0 radical (unpaired) electrons. The van der Waals surface area contributed by atoms with Crippen LogP contribution >= 0.6 is 11.6 Å². The fourth-order valence-corrected chi connectivity index (χ4v) is 4.41. The Morgan fingerprint density at radius 1 is 1.15 bits per heavy atom. The van der Waals surface area contributed by atoms with E-state index in [4.69, 9.17) is 16.4 Å². The molecule has 0 aromatic heterocycles. The molecule has 0 bridgehead atoms. The fourth-order valence-electron chi connectivity index (χ4n) is 4.18. The highest BCUT2D eigenvalue weighted by Crippen LogP contribution is 2.50. The number of halogens is 7. The molecule has 4 rings (SSSR count). The van der Waals surface area contributed by atoms with Crippen molar-refractivity contribution < 1.29 is 36.0 Å². The molecule has 1 fully saturated rings. The normalized spacial score (nSPS) is 22.8. The molecule has 0 saturated carbocycles. The molecule has 0 spiro atoms. The third-order valence-corrected chi connectivity index (χ3v) is 6.37. The Kier molecular flexibility index (Phi) is 6.08. The first kappa shape index (κ1) is 24.4. The highest BCUT2D eigenvalue weighted by atomic mass is 35.5. The number of nitrogens with zero attached hydrogens (tertiary/aromatic N) is 2. The van der Waals surface area contributed by atoms with Gasteiger partial charge in [-0.2, -0.15) is 26.3 Å². The monoisotopic (exact) mass is 504 g/mol. The molecule has 34 heavy (non-hydrogen) atoms. The first-order chi connectivity index (χ1) is 15.9. The van der Waals surface area contributed by atoms with Crippen LogP contribution in [0.3, 0.4) is 0 Å². The largest absolute Gasteiger partial charge is 0.435 e. The molecule has 1 saturated heterocycles. The molecule has 11 heteroatoms. The second kappa shape index (κ2) is 8.48. The zero-order valence-corrected chi connectivity index (χ0v) is 18.6. The van der Waals surface area contributed by atoms with Crippen molar-refractivity contribution in [1.82, 2.24) is 4.90 Å². The van der Waals surface area contributed by atoms with Gasteiger partial charge in [-0.25, -0.2) is 0 Å². The minimum absolute atomic E-state index is 0.0172. The average molecular weight is 505 g/mol. The van der Waals surface area contributed by atoms with E-state index in [2.05, 4.69) is 5.16 Å². The average Bonchev–Trinajstić information content (AvgIpc) is 3.19. The van der Waals surface area contributed by atoms with Crippen molar-refractivity contribution in [2.45, 2.75) is 50.2 Å². The molecular formula is C23H19ClF6N2O2. The number of rotatable bonds is 4. The number of likely N-dealkylation sites (tertiary alicyclic amines) is 1. The summed E-state index contributed by atoms with van der Waals surface area (Å²) in [5.41, 5.74) is -4.09. The van der Waals surface area contributed by atoms with Crippen LogP contribution in [-0.2, 0) is 21.4 Å². The van der Waals surface area contributed by atoms with Gasteiger partial charge in [-0.3, -0.25) is 4.79 Å². The number of hydrogen-bond acceptors (Lipinski definition) is 3. The van der Waals surface area contributed by atoms with Crippen LogP contribution in [0.15, 0.2) is 47.6 Å². The molecule has 2 atom stereocenters. The van der Waals surface area contributed by atoms with Crippen LogP contribution in [-0.4, -0.2) is 29.2 Å². The Morgan fingerprint density at radius 3 is 2.35 bits per heavy atom. The molecule has 4 nitrogen and oxygen atoms in total.